The van der Waals surface area contributed by atoms with Gasteiger partial charge >= 0.3 is 0 Å². The van der Waals surface area contributed by atoms with Crippen LogP contribution in [0.4, 0.5) is 0 Å². The maximum Gasteiger partial charge on any atom is 0.0332 e. The van der Waals surface area contributed by atoms with Crippen LogP contribution in [0, 0.1) is 0 Å². The maximum atomic E-state index is 6.20. The van der Waals surface area contributed by atoms with E-state index in [1.807, 2.05) is 0 Å². The molecule has 0 radical (unpaired) electrons. The molecule has 17 heavy (non-hydrogen) atoms. The van der Waals surface area contributed by atoms with Gasteiger partial charge < -0.3 is 5.73 Å². The van der Waals surface area contributed by atoms with Crippen LogP contribution in [0.5, 0.6) is 0 Å². The zero-order valence-electron chi connectivity index (χ0n) is 10.3. The van der Waals surface area contributed by atoms with Crippen molar-refractivity contribution in [2.75, 3.05) is 0 Å². The van der Waals surface area contributed by atoms with Crippen LogP contribution in [0.2, 0.25) is 0 Å². The molecule has 1 atom stereocenters. The number of rotatable bonds is 4. The van der Waals surface area contributed by atoms with Gasteiger partial charge in [0.2, 0.25) is 0 Å². The lowest BCUT2D eigenvalue weighted by atomic mass is 9.97. The molecule has 0 spiro atoms. The van der Waals surface area contributed by atoms with Crippen LogP contribution in [0.15, 0.2) is 54.6 Å². The fourth-order valence-corrected chi connectivity index (χ4v) is 2.01. The summed E-state index contributed by atoms with van der Waals surface area (Å²) < 4.78 is 0. The standard InChI is InChI=1S/C16H19N/c1-3-12(2)10-16(17)15-9-8-13-6-4-5-7-14(13)11-15/h4-9,11,16H,2-3,10,17H2,1H3. The Morgan fingerprint density at radius 2 is 1.88 bits per heavy atom. The van der Waals surface area contributed by atoms with Gasteiger partial charge in [-0.25, -0.2) is 0 Å². The second kappa shape index (κ2) is 5.15. The fourth-order valence-electron chi connectivity index (χ4n) is 2.01. The van der Waals surface area contributed by atoms with Gasteiger partial charge in [-0.15, -0.1) is 0 Å². The van der Waals surface area contributed by atoms with Crippen molar-refractivity contribution < 1.29 is 0 Å². The van der Waals surface area contributed by atoms with Crippen molar-refractivity contribution in [1.82, 2.24) is 0 Å². The molecule has 0 saturated heterocycles. The van der Waals surface area contributed by atoms with Crippen molar-refractivity contribution in [1.29, 1.82) is 0 Å². The smallest absolute Gasteiger partial charge is 0.0332 e. The summed E-state index contributed by atoms with van der Waals surface area (Å²) in [6.45, 7) is 6.14. The Morgan fingerprint density at radius 3 is 2.59 bits per heavy atom. The third-order valence-corrected chi connectivity index (χ3v) is 3.21. The Kier molecular flexibility index (Phi) is 3.60. The molecule has 0 aliphatic rings. The van der Waals surface area contributed by atoms with Crippen LogP contribution in [0.25, 0.3) is 10.8 Å². The highest BCUT2D eigenvalue weighted by Crippen LogP contribution is 2.23. The van der Waals surface area contributed by atoms with Crippen LogP contribution >= 0.6 is 0 Å². The molecule has 0 amide bonds. The normalized spacial score (nSPS) is 12.6. The summed E-state index contributed by atoms with van der Waals surface area (Å²) in [6, 6.07) is 14.9. The Balaban J connectivity index is 2.26. The van der Waals surface area contributed by atoms with E-state index in [0.29, 0.717) is 0 Å². The second-order valence-electron chi connectivity index (χ2n) is 4.52. The van der Waals surface area contributed by atoms with E-state index in [4.69, 9.17) is 5.73 Å². The van der Waals surface area contributed by atoms with E-state index in [9.17, 15) is 0 Å². The topological polar surface area (TPSA) is 26.0 Å². The molecule has 2 aromatic rings. The molecular weight excluding hydrogens is 206 g/mol. The zero-order chi connectivity index (χ0) is 12.3. The summed E-state index contributed by atoms with van der Waals surface area (Å²) >= 11 is 0. The summed E-state index contributed by atoms with van der Waals surface area (Å²) in [7, 11) is 0. The van der Waals surface area contributed by atoms with Gasteiger partial charge in [0.1, 0.15) is 0 Å². The number of nitrogens with two attached hydrogens (primary N) is 1. The van der Waals surface area contributed by atoms with Gasteiger partial charge in [-0.2, -0.15) is 0 Å². The van der Waals surface area contributed by atoms with Crippen molar-refractivity contribution in [3.8, 4) is 0 Å². The van der Waals surface area contributed by atoms with E-state index >= 15 is 0 Å². The molecule has 2 rings (SSSR count). The minimum Gasteiger partial charge on any atom is -0.324 e. The summed E-state index contributed by atoms with van der Waals surface area (Å²) in [6.07, 6.45) is 1.87. The number of hydrogen-bond donors (Lipinski definition) is 1. The van der Waals surface area contributed by atoms with E-state index in [-0.39, 0.29) is 6.04 Å². The number of benzene rings is 2. The zero-order valence-corrected chi connectivity index (χ0v) is 10.3. The van der Waals surface area contributed by atoms with Crippen LogP contribution < -0.4 is 5.73 Å². The first kappa shape index (κ1) is 11.9. The first-order valence-corrected chi connectivity index (χ1v) is 6.11. The van der Waals surface area contributed by atoms with Crippen molar-refractivity contribution in [3.05, 3.63) is 60.2 Å². The Morgan fingerprint density at radius 1 is 1.18 bits per heavy atom. The molecule has 0 saturated carbocycles. The molecule has 1 heteroatoms. The van der Waals surface area contributed by atoms with Crippen LogP contribution in [0.1, 0.15) is 31.4 Å². The third-order valence-electron chi connectivity index (χ3n) is 3.21. The van der Waals surface area contributed by atoms with Gasteiger partial charge in [0, 0.05) is 6.04 Å². The van der Waals surface area contributed by atoms with E-state index in [1.54, 1.807) is 0 Å². The highest BCUT2D eigenvalue weighted by atomic mass is 14.6. The Labute approximate surface area is 103 Å². The lowest BCUT2D eigenvalue weighted by molar-refractivity contribution is 0.702. The fraction of sp³-hybridized carbons (Fsp3) is 0.250. The molecule has 2 N–H and O–H groups in total. The van der Waals surface area contributed by atoms with Crippen LogP contribution in [0.3, 0.4) is 0 Å². The molecular formula is C16H19N. The maximum absolute atomic E-state index is 6.20. The average Bonchev–Trinajstić information content (AvgIpc) is 2.38. The third kappa shape index (κ3) is 2.75. The van der Waals surface area contributed by atoms with Crippen molar-refractivity contribution in [3.63, 3.8) is 0 Å². The molecule has 0 fully saturated rings. The first-order valence-electron chi connectivity index (χ1n) is 6.11. The molecule has 1 nitrogen and oxygen atoms in total. The van der Waals surface area contributed by atoms with Gasteiger partial charge in [-0.1, -0.05) is 55.5 Å². The van der Waals surface area contributed by atoms with Crippen LogP contribution in [-0.2, 0) is 0 Å². The second-order valence-corrected chi connectivity index (χ2v) is 4.52. The van der Waals surface area contributed by atoms with Gasteiger partial charge in [0.05, 0.1) is 0 Å². The summed E-state index contributed by atoms with van der Waals surface area (Å²) in [4.78, 5) is 0. The molecule has 0 aromatic heterocycles. The summed E-state index contributed by atoms with van der Waals surface area (Å²) in [5.41, 5.74) is 8.61. The first-order chi connectivity index (χ1) is 8.20. The van der Waals surface area contributed by atoms with Gasteiger partial charge in [0.15, 0.2) is 0 Å². The summed E-state index contributed by atoms with van der Waals surface area (Å²) in [5, 5.41) is 2.51. The van der Waals surface area contributed by atoms with E-state index < -0.39 is 0 Å². The number of hydrogen-bond acceptors (Lipinski definition) is 1. The molecule has 1 unspecified atom stereocenters. The monoisotopic (exact) mass is 225 g/mol. The number of fused-ring (bicyclic) bond motifs is 1. The quantitative estimate of drug-likeness (QED) is 0.775. The summed E-state index contributed by atoms with van der Waals surface area (Å²) in [5.74, 6) is 0. The van der Waals surface area contributed by atoms with E-state index in [0.717, 1.165) is 12.8 Å². The minimum atomic E-state index is 0.0621. The average molecular weight is 225 g/mol. The molecule has 0 bridgehead atoms. The highest BCUT2D eigenvalue weighted by molar-refractivity contribution is 5.83. The molecule has 0 aliphatic carbocycles. The molecule has 0 aliphatic heterocycles. The largest absolute Gasteiger partial charge is 0.324 e. The predicted octanol–water partition coefficient (Wildman–Crippen LogP) is 4.20. The minimum absolute atomic E-state index is 0.0621. The van der Waals surface area contributed by atoms with Crippen molar-refractivity contribution in [2.45, 2.75) is 25.8 Å². The van der Waals surface area contributed by atoms with Gasteiger partial charge in [-0.05, 0) is 35.2 Å². The van der Waals surface area contributed by atoms with E-state index in [2.05, 4.69) is 56.0 Å². The van der Waals surface area contributed by atoms with Crippen LogP contribution in [-0.4, -0.2) is 0 Å². The molecule has 2 aromatic carbocycles. The van der Waals surface area contributed by atoms with E-state index in [1.165, 1.54) is 21.9 Å². The van der Waals surface area contributed by atoms with Crippen molar-refractivity contribution >= 4 is 10.8 Å². The SMILES string of the molecule is C=C(CC)CC(N)c1ccc2ccccc2c1. The van der Waals surface area contributed by atoms with Gasteiger partial charge in [-0.3, -0.25) is 0 Å². The van der Waals surface area contributed by atoms with Crippen molar-refractivity contribution in [2.24, 2.45) is 5.73 Å². The predicted molar refractivity (Wildman–Crippen MR) is 74.9 cm³/mol. The Hall–Kier alpha value is -1.60. The lowest BCUT2D eigenvalue weighted by Crippen LogP contribution is -2.10. The molecule has 88 valence electrons. The highest BCUT2D eigenvalue weighted by Gasteiger charge is 2.07. The lowest BCUT2D eigenvalue weighted by Gasteiger charge is -2.13. The Bertz CT molecular complexity index is 528. The molecule has 0 heterocycles. The van der Waals surface area contributed by atoms with Gasteiger partial charge in [0.25, 0.3) is 0 Å².